The van der Waals surface area contributed by atoms with Gasteiger partial charge in [0.15, 0.2) is 0 Å². The molecule has 0 saturated heterocycles. The molecule has 5 rings (SSSR count). The van der Waals surface area contributed by atoms with E-state index in [0.717, 1.165) is 37.5 Å². The summed E-state index contributed by atoms with van der Waals surface area (Å²) < 4.78 is 5.65. The number of carbonyl (C=O) groups is 4. The van der Waals surface area contributed by atoms with Crippen molar-refractivity contribution < 1.29 is 23.9 Å². The fourth-order valence-corrected chi connectivity index (χ4v) is 4.84. The Hall–Kier alpha value is -3.80. The number of rotatable bonds is 4. The van der Waals surface area contributed by atoms with E-state index in [1.54, 1.807) is 36.4 Å². The summed E-state index contributed by atoms with van der Waals surface area (Å²) in [5.74, 6) is -3.36. The van der Waals surface area contributed by atoms with Crippen LogP contribution in [0.5, 0.6) is 0 Å². The lowest BCUT2D eigenvalue weighted by Crippen LogP contribution is -2.59. The number of ether oxygens (including phenoxy) is 1. The minimum absolute atomic E-state index is 0.0898. The van der Waals surface area contributed by atoms with Gasteiger partial charge in [0.25, 0.3) is 5.91 Å². The summed E-state index contributed by atoms with van der Waals surface area (Å²) in [6, 6.07) is 18.4. The Bertz CT molecular complexity index is 1250. The lowest BCUT2D eigenvalue weighted by atomic mass is 9.92. The Morgan fingerprint density at radius 2 is 1.39 bits per heavy atom. The second-order valence-corrected chi connectivity index (χ2v) is 8.61. The lowest BCUT2D eigenvalue weighted by molar-refractivity contribution is -0.133. The molecule has 0 aliphatic heterocycles. The smallest absolute Gasteiger partial charge is 0.340 e. The fraction of sp³-hybridized carbons (Fsp3) is 0.259. The van der Waals surface area contributed by atoms with Gasteiger partial charge in [0.2, 0.25) is 11.6 Å². The van der Waals surface area contributed by atoms with Gasteiger partial charge < -0.3 is 10.1 Å². The number of nitrogens with one attached hydrogen (secondary N) is 1. The summed E-state index contributed by atoms with van der Waals surface area (Å²) >= 11 is 0. The van der Waals surface area contributed by atoms with Crippen molar-refractivity contribution in [3.8, 4) is 0 Å². The van der Waals surface area contributed by atoms with Crippen LogP contribution in [-0.2, 0) is 9.53 Å². The Labute approximate surface area is 190 Å². The van der Waals surface area contributed by atoms with Crippen LogP contribution >= 0.6 is 0 Å². The van der Waals surface area contributed by atoms with Gasteiger partial charge in [0.1, 0.15) is 0 Å². The van der Waals surface area contributed by atoms with Gasteiger partial charge in [-0.1, -0.05) is 79.9 Å². The maximum absolute atomic E-state index is 13.5. The van der Waals surface area contributed by atoms with Gasteiger partial charge in [-0.3, -0.25) is 14.4 Å². The Kier molecular flexibility index (Phi) is 5.29. The molecule has 0 unspecified atom stereocenters. The number of hydrogen-bond donors (Lipinski definition) is 1. The van der Waals surface area contributed by atoms with E-state index in [4.69, 9.17) is 4.74 Å². The minimum atomic E-state index is -2.56. The predicted octanol–water partition coefficient (Wildman–Crippen LogP) is 4.26. The molecule has 6 nitrogen and oxygen atoms in total. The molecule has 0 radical (unpaired) electrons. The summed E-state index contributed by atoms with van der Waals surface area (Å²) in [5, 5.41) is 4.25. The quantitative estimate of drug-likeness (QED) is 0.483. The highest BCUT2D eigenvalue weighted by Gasteiger charge is 2.62. The van der Waals surface area contributed by atoms with Gasteiger partial charge in [0, 0.05) is 17.2 Å². The van der Waals surface area contributed by atoms with E-state index in [0.29, 0.717) is 5.39 Å². The van der Waals surface area contributed by atoms with Crippen molar-refractivity contribution in [1.29, 1.82) is 0 Å². The number of hydrogen-bond acceptors (Lipinski definition) is 5. The van der Waals surface area contributed by atoms with Crippen molar-refractivity contribution in [3.05, 3.63) is 83.4 Å². The van der Waals surface area contributed by atoms with Gasteiger partial charge in [0.05, 0.1) is 5.56 Å². The third-order valence-corrected chi connectivity index (χ3v) is 6.57. The topological polar surface area (TPSA) is 89.5 Å². The van der Waals surface area contributed by atoms with E-state index >= 15 is 0 Å². The molecule has 166 valence electrons. The van der Waals surface area contributed by atoms with Crippen LogP contribution in [0, 0.1) is 0 Å². The molecule has 0 heterocycles. The van der Waals surface area contributed by atoms with Crippen molar-refractivity contribution in [2.45, 2.75) is 43.7 Å². The first-order chi connectivity index (χ1) is 16.0. The summed E-state index contributed by atoms with van der Waals surface area (Å²) in [5.41, 5.74) is -2.19. The molecule has 33 heavy (non-hydrogen) atoms. The molecule has 1 N–H and O–H groups in total. The van der Waals surface area contributed by atoms with Crippen LogP contribution < -0.4 is 5.32 Å². The summed E-state index contributed by atoms with van der Waals surface area (Å²) in [4.78, 5) is 53.8. The van der Waals surface area contributed by atoms with Crippen LogP contribution in [-0.4, -0.2) is 35.1 Å². The number of ketones is 2. The predicted molar refractivity (Wildman–Crippen MR) is 122 cm³/mol. The van der Waals surface area contributed by atoms with Crippen molar-refractivity contribution in [1.82, 2.24) is 5.32 Å². The molecule has 3 aromatic rings. The zero-order chi connectivity index (χ0) is 23.0. The molecule has 0 bridgehead atoms. The number of benzene rings is 3. The summed E-state index contributed by atoms with van der Waals surface area (Å²) in [7, 11) is 0. The minimum Gasteiger partial charge on any atom is -0.428 e. The number of esters is 1. The normalized spacial score (nSPS) is 17.6. The largest absolute Gasteiger partial charge is 0.428 e. The Morgan fingerprint density at radius 1 is 0.788 bits per heavy atom. The number of Topliss-reactive ketones (excluding diaryl/α,β-unsaturated/α-hetero) is 2. The highest BCUT2D eigenvalue weighted by atomic mass is 16.6. The first-order valence-corrected chi connectivity index (χ1v) is 11.2. The number of amides is 1. The lowest BCUT2D eigenvalue weighted by Gasteiger charge is -2.29. The van der Waals surface area contributed by atoms with E-state index in [2.05, 4.69) is 5.32 Å². The zero-order valence-electron chi connectivity index (χ0n) is 18.0. The SMILES string of the molecule is O=C(OC1(C(=O)NC2CCCCC2)C(=O)c2ccccc2C1=O)c1cccc2ccccc12. The van der Waals surface area contributed by atoms with Gasteiger partial charge in [-0.2, -0.15) is 0 Å². The van der Waals surface area contributed by atoms with E-state index in [-0.39, 0.29) is 22.7 Å². The van der Waals surface area contributed by atoms with E-state index < -0.39 is 29.0 Å². The van der Waals surface area contributed by atoms with Crippen molar-refractivity contribution >= 4 is 34.2 Å². The Balaban J connectivity index is 1.56. The summed E-state index contributed by atoms with van der Waals surface area (Å²) in [6.45, 7) is 0. The molecule has 3 aromatic carbocycles. The van der Waals surface area contributed by atoms with Crippen molar-refractivity contribution in [3.63, 3.8) is 0 Å². The fourth-order valence-electron chi connectivity index (χ4n) is 4.84. The van der Waals surface area contributed by atoms with Crippen LogP contribution in [0.4, 0.5) is 0 Å². The molecule has 1 saturated carbocycles. The van der Waals surface area contributed by atoms with E-state index in [9.17, 15) is 19.2 Å². The maximum atomic E-state index is 13.5. The van der Waals surface area contributed by atoms with Crippen LogP contribution in [0.3, 0.4) is 0 Å². The second kappa shape index (κ2) is 8.28. The van der Waals surface area contributed by atoms with Gasteiger partial charge in [-0.25, -0.2) is 4.79 Å². The molecule has 0 spiro atoms. The monoisotopic (exact) mass is 441 g/mol. The molecule has 0 aromatic heterocycles. The average Bonchev–Trinajstić information content (AvgIpc) is 3.07. The second-order valence-electron chi connectivity index (χ2n) is 8.61. The molecule has 2 aliphatic carbocycles. The molecule has 6 heteroatoms. The van der Waals surface area contributed by atoms with Gasteiger partial charge >= 0.3 is 11.6 Å². The van der Waals surface area contributed by atoms with E-state index in [1.165, 1.54) is 12.1 Å². The third-order valence-electron chi connectivity index (χ3n) is 6.57. The molecular formula is C27H23NO5. The van der Waals surface area contributed by atoms with Crippen molar-refractivity contribution in [2.75, 3.05) is 0 Å². The zero-order valence-corrected chi connectivity index (χ0v) is 18.0. The van der Waals surface area contributed by atoms with Gasteiger partial charge in [-0.15, -0.1) is 0 Å². The highest BCUT2D eigenvalue weighted by Crippen LogP contribution is 2.35. The average molecular weight is 441 g/mol. The van der Waals surface area contributed by atoms with Crippen LogP contribution in [0.2, 0.25) is 0 Å². The molecule has 1 fully saturated rings. The first kappa shape index (κ1) is 21.1. The van der Waals surface area contributed by atoms with E-state index in [1.807, 2.05) is 18.2 Å². The van der Waals surface area contributed by atoms with Crippen LogP contribution in [0.25, 0.3) is 10.8 Å². The number of carbonyl (C=O) groups excluding carboxylic acids is 4. The Morgan fingerprint density at radius 3 is 2.09 bits per heavy atom. The van der Waals surface area contributed by atoms with Crippen molar-refractivity contribution in [2.24, 2.45) is 0 Å². The molecular weight excluding hydrogens is 418 g/mol. The summed E-state index contributed by atoms with van der Waals surface area (Å²) in [6.07, 6.45) is 4.51. The molecule has 0 atom stereocenters. The highest BCUT2D eigenvalue weighted by molar-refractivity contribution is 6.43. The van der Waals surface area contributed by atoms with Crippen LogP contribution in [0.1, 0.15) is 63.2 Å². The van der Waals surface area contributed by atoms with Crippen LogP contribution in [0.15, 0.2) is 66.7 Å². The third kappa shape index (κ3) is 3.42. The number of fused-ring (bicyclic) bond motifs is 2. The molecule has 1 amide bonds. The molecule has 2 aliphatic rings. The maximum Gasteiger partial charge on any atom is 0.340 e. The first-order valence-electron chi connectivity index (χ1n) is 11.2. The van der Waals surface area contributed by atoms with Gasteiger partial charge in [-0.05, 0) is 29.7 Å². The standard InChI is InChI=1S/C27H23NO5/c29-23-20-14-6-7-15-21(20)24(30)27(23,26(32)28-18-11-2-1-3-12-18)33-25(31)22-16-8-10-17-9-4-5-13-19(17)22/h4-10,13-16,18H,1-3,11-12H2,(H,28,32).